The molecule has 8 nitrogen and oxygen atoms in total. The summed E-state index contributed by atoms with van der Waals surface area (Å²) >= 11 is 5.87. The van der Waals surface area contributed by atoms with Gasteiger partial charge >= 0.3 is 5.91 Å². The molecular weight excluding hydrogens is 439 g/mol. The zero-order chi connectivity index (χ0) is 22.7. The number of carbonyl (C=O) groups excluding carboxylic acids is 1. The molecule has 0 saturated heterocycles. The molecule has 0 aliphatic rings. The molecular formula is C22H14ClFN4O4. The van der Waals surface area contributed by atoms with Gasteiger partial charge in [-0.1, -0.05) is 11.6 Å². The predicted molar refractivity (Wildman–Crippen MR) is 115 cm³/mol. The Morgan fingerprint density at radius 3 is 2.81 bits per heavy atom. The van der Waals surface area contributed by atoms with Crippen molar-refractivity contribution in [2.75, 3.05) is 12.4 Å². The van der Waals surface area contributed by atoms with Crippen molar-refractivity contribution in [3.8, 4) is 28.9 Å². The Bertz CT molecular complexity index is 1390. The van der Waals surface area contributed by atoms with Gasteiger partial charge in [0.15, 0.2) is 5.76 Å². The highest BCUT2D eigenvalue weighted by molar-refractivity contribution is 6.31. The normalized spacial score (nSPS) is 10.4. The minimum atomic E-state index is -0.861. The van der Waals surface area contributed by atoms with Gasteiger partial charge in [-0.25, -0.2) is 19.8 Å². The van der Waals surface area contributed by atoms with Gasteiger partial charge in [-0.3, -0.25) is 10.0 Å². The molecule has 2 aromatic heterocycles. The molecule has 0 saturated carbocycles. The molecule has 0 aliphatic heterocycles. The summed E-state index contributed by atoms with van der Waals surface area (Å²) in [6.07, 6.45) is 1.39. The van der Waals surface area contributed by atoms with Crippen LogP contribution in [0.3, 0.4) is 0 Å². The Hall–Kier alpha value is -4.13. The van der Waals surface area contributed by atoms with Gasteiger partial charge < -0.3 is 14.5 Å². The van der Waals surface area contributed by atoms with Gasteiger partial charge in [0.05, 0.1) is 23.2 Å². The molecule has 0 spiro atoms. The molecule has 0 fully saturated rings. The van der Waals surface area contributed by atoms with Crippen molar-refractivity contribution in [1.82, 2.24) is 15.4 Å². The molecule has 2 aromatic carbocycles. The fourth-order valence-corrected chi connectivity index (χ4v) is 3.13. The summed E-state index contributed by atoms with van der Waals surface area (Å²) in [5.74, 6) is 4.90. The first-order valence-corrected chi connectivity index (χ1v) is 9.47. The van der Waals surface area contributed by atoms with Gasteiger partial charge in [-0.15, -0.1) is 0 Å². The zero-order valence-corrected chi connectivity index (χ0v) is 17.2. The fourth-order valence-electron chi connectivity index (χ4n) is 2.95. The van der Waals surface area contributed by atoms with Crippen LogP contribution in [-0.2, 0) is 4.79 Å². The largest absolute Gasteiger partial charge is 0.496 e. The summed E-state index contributed by atoms with van der Waals surface area (Å²) in [6.45, 7) is 0. The lowest BCUT2D eigenvalue weighted by atomic mass is 10.1. The molecule has 4 aromatic rings. The summed E-state index contributed by atoms with van der Waals surface area (Å²) < 4.78 is 24.7. The summed E-state index contributed by atoms with van der Waals surface area (Å²) in [5.41, 5.74) is 3.16. The van der Waals surface area contributed by atoms with Gasteiger partial charge in [-0.2, -0.15) is 0 Å². The van der Waals surface area contributed by atoms with Crippen molar-refractivity contribution in [1.29, 1.82) is 0 Å². The van der Waals surface area contributed by atoms with E-state index in [-0.39, 0.29) is 10.8 Å². The zero-order valence-electron chi connectivity index (χ0n) is 16.4. The Morgan fingerprint density at radius 2 is 2.06 bits per heavy atom. The maximum atomic E-state index is 13.5. The van der Waals surface area contributed by atoms with Crippen LogP contribution in [0, 0.1) is 17.7 Å². The Kier molecular flexibility index (Phi) is 5.89. The number of hydrogen-bond acceptors (Lipinski definition) is 7. The molecule has 0 unspecified atom stereocenters. The number of ether oxygens (including phenoxy) is 1. The number of benzene rings is 2. The van der Waals surface area contributed by atoms with Crippen molar-refractivity contribution in [3.63, 3.8) is 0 Å². The third kappa shape index (κ3) is 4.32. The molecule has 2 heterocycles. The number of fused-ring (bicyclic) bond motifs is 1. The molecule has 4 rings (SSSR count). The van der Waals surface area contributed by atoms with E-state index in [1.165, 1.54) is 31.0 Å². The highest BCUT2D eigenvalue weighted by atomic mass is 35.5. The quantitative estimate of drug-likeness (QED) is 0.241. The average Bonchev–Trinajstić information content (AvgIpc) is 3.28. The first-order valence-electron chi connectivity index (χ1n) is 9.09. The smallest absolute Gasteiger partial charge is 0.319 e. The molecule has 10 heteroatoms. The number of rotatable bonds is 4. The van der Waals surface area contributed by atoms with E-state index in [9.17, 15) is 9.18 Å². The van der Waals surface area contributed by atoms with E-state index >= 15 is 0 Å². The van der Waals surface area contributed by atoms with E-state index in [0.717, 1.165) is 0 Å². The van der Waals surface area contributed by atoms with Gasteiger partial charge in [0.25, 0.3) is 0 Å². The SMILES string of the molecule is COc1cc2ncnc(Nc3ccc(F)c(Cl)c3)c2cc1-c1ccc(C#CC(=O)NO)o1. The topological polar surface area (TPSA) is 110 Å². The number of furan rings is 1. The number of halogens is 2. The summed E-state index contributed by atoms with van der Waals surface area (Å²) in [5, 5.41) is 12.3. The van der Waals surface area contributed by atoms with Crippen LogP contribution in [0.25, 0.3) is 22.2 Å². The monoisotopic (exact) mass is 452 g/mol. The van der Waals surface area contributed by atoms with Crippen molar-refractivity contribution in [2.45, 2.75) is 0 Å². The fraction of sp³-hybridized carbons (Fsp3) is 0.0455. The van der Waals surface area contributed by atoms with Crippen LogP contribution in [-0.4, -0.2) is 28.2 Å². The van der Waals surface area contributed by atoms with Crippen LogP contribution < -0.4 is 15.5 Å². The van der Waals surface area contributed by atoms with Crippen LogP contribution >= 0.6 is 11.6 Å². The molecule has 1 amide bonds. The number of carbonyl (C=O) groups is 1. The number of nitrogens with zero attached hydrogens (tertiary/aromatic N) is 2. The molecule has 3 N–H and O–H groups in total. The number of nitrogens with one attached hydrogen (secondary N) is 2. The molecule has 0 radical (unpaired) electrons. The van der Waals surface area contributed by atoms with Gasteiger partial charge in [0.1, 0.15) is 29.5 Å². The van der Waals surface area contributed by atoms with E-state index in [1.807, 2.05) is 0 Å². The maximum Gasteiger partial charge on any atom is 0.319 e. The minimum Gasteiger partial charge on any atom is -0.496 e. The lowest BCUT2D eigenvalue weighted by molar-refractivity contribution is -0.123. The first kappa shape index (κ1) is 21.1. The van der Waals surface area contributed by atoms with Crippen LogP contribution in [0.15, 0.2) is 53.2 Å². The van der Waals surface area contributed by atoms with Crippen LogP contribution in [0.1, 0.15) is 5.76 Å². The second-order valence-electron chi connectivity index (χ2n) is 6.40. The molecule has 0 aliphatic carbocycles. The van der Waals surface area contributed by atoms with Gasteiger partial charge in [-0.05, 0) is 42.3 Å². The minimum absolute atomic E-state index is 0.0187. The number of aromatic nitrogens is 2. The highest BCUT2D eigenvalue weighted by Gasteiger charge is 2.15. The number of methoxy groups -OCH3 is 1. The average molecular weight is 453 g/mol. The Labute approximate surface area is 186 Å². The predicted octanol–water partition coefficient (Wildman–Crippen LogP) is 4.29. The lowest BCUT2D eigenvalue weighted by Gasteiger charge is -2.12. The second-order valence-corrected chi connectivity index (χ2v) is 6.81. The third-order valence-electron chi connectivity index (χ3n) is 4.41. The highest BCUT2D eigenvalue weighted by Crippen LogP contribution is 2.37. The van der Waals surface area contributed by atoms with Gasteiger partial charge in [0, 0.05) is 23.1 Å². The van der Waals surface area contributed by atoms with Crippen LogP contribution in [0.4, 0.5) is 15.9 Å². The number of hydroxylamine groups is 1. The van der Waals surface area contributed by atoms with Crippen molar-refractivity contribution < 1.29 is 23.5 Å². The molecule has 0 atom stereocenters. The Morgan fingerprint density at radius 1 is 1.22 bits per heavy atom. The summed E-state index contributed by atoms with van der Waals surface area (Å²) in [6, 6.07) is 11.0. The van der Waals surface area contributed by atoms with Gasteiger partial charge in [0.2, 0.25) is 0 Å². The summed E-state index contributed by atoms with van der Waals surface area (Å²) in [4.78, 5) is 19.7. The van der Waals surface area contributed by atoms with E-state index < -0.39 is 11.7 Å². The first-order chi connectivity index (χ1) is 15.5. The summed E-state index contributed by atoms with van der Waals surface area (Å²) in [7, 11) is 1.51. The van der Waals surface area contributed by atoms with E-state index in [0.29, 0.717) is 39.5 Å². The van der Waals surface area contributed by atoms with E-state index in [1.54, 1.807) is 30.3 Å². The molecule has 0 bridgehead atoms. The second kappa shape index (κ2) is 8.93. The Balaban J connectivity index is 1.77. The molecule has 32 heavy (non-hydrogen) atoms. The van der Waals surface area contributed by atoms with E-state index in [4.69, 9.17) is 26.0 Å². The number of amides is 1. The van der Waals surface area contributed by atoms with Crippen LogP contribution in [0.2, 0.25) is 5.02 Å². The van der Waals surface area contributed by atoms with Crippen molar-refractivity contribution in [3.05, 3.63) is 65.4 Å². The standard InChI is InChI=1S/C22H14ClFN4O4/c1-31-20-10-18-14(9-15(20)19-6-3-13(32-19)4-7-21(29)28-30)22(26-11-25-18)27-12-2-5-17(24)16(23)8-12/h2-3,5-6,8-11,30H,1H3,(H,28,29)(H,25,26,27). The maximum absolute atomic E-state index is 13.5. The number of hydrogen-bond donors (Lipinski definition) is 3. The van der Waals surface area contributed by atoms with E-state index in [2.05, 4.69) is 27.1 Å². The molecule has 160 valence electrons. The third-order valence-corrected chi connectivity index (χ3v) is 4.70. The van der Waals surface area contributed by atoms with Crippen LogP contribution in [0.5, 0.6) is 5.75 Å². The van der Waals surface area contributed by atoms with Crippen molar-refractivity contribution >= 4 is 39.9 Å². The number of anilines is 2. The lowest BCUT2D eigenvalue weighted by Crippen LogP contribution is -2.15. The van der Waals surface area contributed by atoms with Crippen molar-refractivity contribution in [2.24, 2.45) is 0 Å².